The normalized spacial score (nSPS) is 20.4. The summed E-state index contributed by atoms with van der Waals surface area (Å²) in [4.78, 5) is 31.7. The summed E-state index contributed by atoms with van der Waals surface area (Å²) in [5.74, 6) is -0.597. The van der Waals surface area contributed by atoms with Gasteiger partial charge < -0.3 is 5.32 Å². The number of hydrogen-bond acceptors (Lipinski definition) is 4. The van der Waals surface area contributed by atoms with Crippen LogP contribution in [0.3, 0.4) is 0 Å². The molecule has 1 saturated carbocycles. The zero-order valence-corrected chi connectivity index (χ0v) is 17.1. The van der Waals surface area contributed by atoms with Gasteiger partial charge in [-0.2, -0.15) is 0 Å². The lowest BCUT2D eigenvalue weighted by molar-refractivity contribution is -0.128. The fraction of sp³-hybridized carbons (Fsp3) is 0.318. The van der Waals surface area contributed by atoms with Crippen molar-refractivity contribution in [3.8, 4) is 0 Å². The monoisotopic (exact) mass is 411 g/mol. The molecule has 0 radical (unpaired) electrons. The fourth-order valence-electron chi connectivity index (χ4n) is 3.31. The Labute approximate surface area is 173 Å². The van der Waals surface area contributed by atoms with Gasteiger partial charge in [-0.1, -0.05) is 29.5 Å². The molecule has 29 heavy (non-hydrogen) atoms. The molecule has 0 spiro atoms. The maximum Gasteiger partial charge on any atom is 0.242 e. The van der Waals surface area contributed by atoms with Gasteiger partial charge in [0.1, 0.15) is 11.1 Å². The zero-order valence-electron chi connectivity index (χ0n) is 16.3. The van der Waals surface area contributed by atoms with Gasteiger partial charge >= 0.3 is 0 Å². The average molecular weight is 412 g/mol. The number of halogens is 1. The van der Waals surface area contributed by atoms with Crippen molar-refractivity contribution in [3.05, 3.63) is 59.4 Å². The van der Waals surface area contributed by atoms with E-state index in [2.05, 4.69) is 10.3 Å². The van der Waals surface area contributed by atoms with Crippen molar-refractivity contribution >= 4 is 40.1 Å². The van der Waals surface area contributed by atoms with E-state index in [9.17, 15) is 14.0 Å². The molecule has 1 saturated heterocycles. The summed E-state index contributed by atoms with van der Waals surface area (Å²) in [6.45, 7) is 3.95. The number of carbonyl (C=O) groups is 2. The van der Waals surface area contributed by atoms with Crippen LogP contribution in [0.1, 0.15) is 30.4 Å². The van der Waals surface area contributed by atoms with E-state index in [1.807, 2.05) is 32.0 Å². The first-order valence-electron chi connectivity index (χ1n) is 9.62. The minimum Gasteiger partial charge on any atom is -0.326 e. The highest BCUT2D eigenvalue weighted by Crippen LogP contribution is 2.39. The van der Waals surface area contributed by atoms with Crippen molar-refractivity contribution in [2.45, 2.75) is 44.4 Å². The Balaban J connectivity index is 1.48. The van der Waals surface area contributed by atoms with Gasteiger partial charge in [0, 0.05) is 18.2 Å². The van der Waals surface area contributed by atoms with Crippen LogP contribution < -0.4 is 5.32 Å². The molecule has 5 nitrogen and oxygen atoms in total. The number of benzene rings is 2. The van der Waals surface area contributed by atoms with Gasteiger partial charge in [0.15, 0.2) is 5.17 Å². The number of aryl methyl sites for hydroxylation is 2. The van der Waals surface area contributed by atoms with Crippen LogP contribution in [0.5, 0.6) is 0 Å². The summed E-state index contributed by atoms with van der Waals surface area (Å²) < 4.78 is 13.1. The third-order valence-electron chi connectivity index (χ3n) is 4.96. The van der Waals surface area contributed by atoms with Gasteiger partial charge in [-0.3, -0.25) is 14.5 Å². The second-order valence-corrected chi connectivity index (χ2v) is 8.66. The standard InChI is InChI=1S/C22H22FN3O2S/c1-13-3-10-18(14(2)11-13)25-20(27)12-19-21(28)26(17-8-9-17)22(29-19)24-16-6-4-15(23)5-7-16/h3-7,10-11,17,19H,8-9,12H2,1-2H3,(H,25,27)/t19-/m0/s1. The van der Waals surface area contributed by atoms with Crippen LogP contribution in [0, 0.1) is 19.7 Å². The summed E-state index contributed by atoms with van der Waals surface area (Å²) in [7, 11) is 0. The molecule has 7 heteroatoms. The van der Waals surface area contributed by atoms with Crippen LogP contribution in [0.2, 0.25) is 0 Å². The molecule has 1 aliphatic carbocycles. The Morgan fingerprint density at radius 3 is 2.59 bits per heavy atom. The highest BCUT2D eigenvalue weighted by molar-refractivity contribution is 8.15. The van der Waals surface area contributed by atoms with E-state index in [0.717, 1.165) is 29.7 Å². The Morgan fingerprint density at radius 2 is 1.93 bits per heavy atom. The molecule has 2 amide bonds. The Bertz CT molecular complexity index is 986. The fourth-order valence-corrected chi connectivity index (χ4v) is 4.53. The first-order chi connectivity index (χ1) is 13.9. The quantitative estimate of drug-likeness (QED) is 0.784. The van der Waals surface area contributed by atoms with Crippen molar-refractivity contribution in [1.82, 2.24) is 4.90 Å². The van der Waals surface area contributed by atoms with Crippen LogP contribution in [0.15, 0.2) is 47.5 Å². The topological polar surface area (TPSA) is 61.8 Å². The molecule has 2 aromatic rings. The van der Waals surface area contributed by atoms with Crippen LogP contribution >= 0.6 is 11.8 Å². The number of nitrogens with zero attached hydrogens (tertiary/aromatic N) is 2. The predicted octanol–water partition coefficient (Wildman–Crippen LogP) is 4.57. The molecule has 0 bridgehead atoms. The zero-order chi connectivity index (χ0) is 20.5. The third-order valence-corrected chi connectivity index (χ3v) is 6.11. The third kappa shape index (κ3) is 4.50. The highest BCUT2D eigenvalue weighted by atomic mass is 32.2. The lowest BCUT2D eigenvalue weighted by atomic mass is 10.1. The molecule has 4 rings (SSSR count). The summed E-state index contributed by atoms with van der Waals surface area (Å²) in [6.07, 6.45) is 1.97. The van der Waals surface area contributed by atoms with Crippen molar-refractivity contribution in [1.29, 1.82) is 0 Å². The predicted molar refractivity (Wildman–Crippen MR) is 114 cm³/mol. The SMILES string of the molecule is Cc1ccc(NC(=O)C[C@@H]2SC(=Nc3ccc(F)cc3)N(C3CC3)C2=O)c(C)c1. The van der Waals surface area contributed by atoms with Gasteiger partial charge in [0.05, 0.1) is 5.69 Å². The number of amidine groups is 1. The number of hydrogen-bond donors (Lipinski definition) is 1. The molecule has 150 valence electrons. The van der Waals surface area contributed by atoms with Crippen LogP contribution in [-0.4, -0.2) is 33.2 Å². The van der Waals surface area contributed by atoms with Crippen molar-refractivity contribution in [2.75, 3.05) is 5.32 Å². The molecule has 1 aliphatic heterocycles. The summed E-state index contributed by atoms with van der Waals surface area (Å²) >= 11 is 1.31. The molecular weight excluding hydrogens is 389 g/mol. The summed E-state index contributed by atoms with van der Waals surface area (Å²) in [5.41, 5.74) is 3.47. The van der Waals surface area contributed by atoms with Gasteiger partial charge in [-0.05, 0) is 62.6 Å². The first-order valence-corrected chi connectivity index (χ1v) is 10.5. The highest BCUT2D eigenvalue weighted by Gasteiger charge is 2.46. The Hall–Kier alpha value is -2.67. The lowest BCUT2D eigenvalue weighted by Gasteiger charge is -2.15. The van der Waals surface area contributed by atoms with Crippen molar-refractivity contribution < 1.29 is 14.0 Å². The number of rotatable bonds is 5. The smallest absolute Gasteiger partial charge is 0.242 e. The van der Waals surface area contributed by atoms with E-state index in [1.165, 1.54) is 23.9 Å². The number of amides is 2. The summed E-state index contributed by atoms with van der Waals surface area (Å²) in [6, 6.07) is 11.8. The van der Waals surface area contributed by atoms with Gasteiger partial charge in [-0.25, -0.2) is 9.38 Å². The number of nitrogens with one attached hydrogen (secondary N) is 1. The van der Waals surface area contributed by atoms with Crippen LogP contribution in [-0.2, 0) is 9.59 Å². The van der Waals surface area contributed by atoms with Gasteiger partial charge in [0.2, 0.25) is 11.8 Å². The average Bonchev–Trinajstić information content (AvgIpc) is 3.46. The maximum absolute atomic E-state index is 13.1. The number of anilines is 1. The second kappa shape index (κ2) is 7.99. The second-order valence-electron chi connectivity index (χ2n) is 7.49. The minimum atomic E-state index is -0.499. The first kappa shape index (κ1) is 19.6. The van der Waals surface area contributed by atoms with Crippen LogP contribution in [0.25, 0.3) is 0 Å². The number of thioether (sulfide) groups is 1. The summed E-state index contributed by atoms with van der Waals surface area (Å²) in [5, 5.41) is 3.00. The van der Waals surface area contributed by atoms with Crippen molar-refractivity contribution in [3.63, 3.8) is 0 Å². The van der Waals surface area contributed by atoms with E-state index in [-0.39, 0.29) is 30.1 Å². The molecule has 0 unspecified atom stereocenters. The van der Waals surface area contributed by atoms with E-state index in [1.54, 1.807) is 17.0 Å². The molecular formula is C22H22FN3O2S. The maximum atomic E-state index is 13.1. The van der Waals surface area contributed by atoms with Gasteiger partial charge in [-0.15, -0.1) is 0 Å². The molecule has 2 aromatic carbocycles. The molecule has 0 aromatic heterocycles. The largest absolute Gasteiger partial charge is 0.326 e. The van der Waals surface area contributed by atoms with E-state index < -0.39 is 5.25 Å². The number of aliphatic imine (C=N–C) groups is 1. The molecule has 2 aliphatic rings. The molecule has 1 N–H and O–H groups in total. The van der Waals surface area contributed by atoms with E-state index in [4.69, 9.17) is 0 Å². The number of carbonyl (C=O) groups excluding carboxylic acids is 2. The Kier molecular flexibility index (Phi) is 5.41. The van der Waals surface area contributed by atoms with Crippen molar-refractivity contribution in [2.24, 2.45) is 4.99 Å². The molecule has 1 atom stereocenters. The van der Waals surface area contributed by atoms with Crippen LogP contribution in [0.4, 0.5) is 15.8 Å². The molecule has 1 heterocycles. The minimum absolute atomic E-state index is 0.0749. The van der Waals surface area contributed by atoms with E-state index >= 15 is 0 Å². The van der Waals surface area contributed by atoms with Gasteiger partial charge in [0.25, 0.3) is 0 Å². The Morgan fingerprint density at radius 1 is 1.21 bits per heavy atom. The molecule has 2 fully saturated rings. The lowest BCUT2D eigenvalue weighted by Crippen LogP contribution is -2.35. The van der Waals surface area contributed by atoms with E-state index in [0.29, 0.717) is 10.9 Å².